The molecule has 0 aliphatic heterocycles. The third-order valence-corrected chi connectivity index (χ3v) is 2.68. The molecule has 90 valence electrons. The highest BCUT2D eigenvalue weighted by atomic mass is 32.2. The predicted molar refractivity (Wildman–Crippen MR) is 55.8 cm³/mol. The maximum Gasteiger partial charge on any atom is 0.294 e. The summed E-state index contributed by atoms with van der Waals surface area (Å²) in [5.41, 5.74) is 2.12. The standard InChI is InChI=1S/C7H9NO6S2/c1-15(9,10)14-8-6-3-2-4-7(5-6)16(11,12)13/h2-5,8H,1H3,(H,11,12,13). The van der Waals surface area contributed by atoms with E-state index < -0.39 is 20.2 Å². The molecular weight excluding hydrogens is 258 g/mol. The fourth-order valence-corrected chi connectivity index (χ4v) is 1.62. The van der Waals surface area contributed by atoms with Crippen LogP contribution < -0.4 is 5.48 Å². The lowest BCUT2D eigenvalue weighted by molar-refractivity contribution is 0.396. The van der Waals surface area contributed by atoms with Crippen molar-refractivity contribution in [1.82, 2.24) is 0 Å². The summed E-state index contributed by atoms with van der Waals surface area (Å²) in [6.07, 6.45) is 0.826. The van der Waals surface area contributed by atoms with Crippen molar-refractivity contribution in [3.8, 4) is 0 Å². The fraction of sp³-hybridized carbons (Fsp3) is 0.143. The average molecular weight is 267 g/mol. The normalized spacial score (nSPS) is 12.4. The summed E-state index contributed by atoms with van der Waals surface area (Å²) in [5, 5.41) is 0. The maximum absolute atomic E-state index is 10.8. The molecule has 0 spiro atoms. The summed E-state index contributed by atoms with van der Waals surface area (Å²) < 4.78 is 55.7. The van der Waals surface area contributed by atoms with Gasteiger partial charge in [-0.2, -0.15) is 21.1 Å². The van der Waals surface area contributed by atoms with Crippen LogP contribution in [0.25, 0.3) is 0 Å². The molecule has 0 amide bonds. The van der Waals surface area contributed by atoms with Crippen molar-refractivity contribution in [2.45, 2.75) is 4.90 Å². The van der Waals surface area contributed by atoms with Crippen LogP contribution in [0, 0.1) is 0 Å². The van der Waals surface area contributed by atoms with Gasteiger partial charge in [-0.25, -0.2) is 5.48 Å². The van der Waals surface area contributed by atoms with Crippen molar-refractivity contribution >= 4 is 25.9 Å². The Labute approximate surface area is 92.9 Å². The number of hydrogen-bond acceptors (Lipinski definition) is 6. The van der Waals surface area contributed by atoms with Gasteiger partial charge in [0.05, 0.1) is 16.8 Å². The van der Waals surface area contributed by atoms with Gasteiger partial charge in [0.25, 0.3) is 20.2 Å². The number of anilines is 1. The van der Waals surface area contributed by atoms with Gasteiger partial charge in [0.1, 0.15) is 0 Å². The van der Waals surface area contributed by atoms with Crippen molar-refractivity contribution in [2.75, 3.05) is 11.7 Å². The van der Waals surface area contributed by atoms with Gasteiger partial charge in [-0.3, -0.25) is 4.55 Å². The molecule has 0 fully saturated rings. The van der Waals surface area contributed by atoms with Crippen LogP contribution in [-0.2, 0) is 24.5 Å². The lowest BCUT2D eigenvalue weighted by atomic mass is 10.3. The molecule has 0 aliphatic rings. The molecule has 0 aromatic heterocycles. The van der Waals surface area contributed by atoms with Crippen molar-refractivity contribution in [3.05, 3.63) is 24.3 Å². The molecule has 7 nitrogen and oxygen atoms in total. The summed E-state index contributed by atoms with van der Waals surface area (Å²) >= 11 is 0. The second kappa shape index (κ2) is 4.37. The summed E-state index contributed by atoms with van der Waals surface area (Å²) in [6.45, 7) is 0. The second-order valence-corrected chi connectivity index (χ2v) is 5.89. The lowest BCUT2D eigenvalue weighted by Gasteiger charge is -2.05. The first kappa shape index (κ1) is 12.9. The van der Waals surface area contributed by atoms with Crippen molar-refractivity contribution in [1.29, 1.82) is 0 Å². The molecule has 0 atom stereocenters. The van der Waals surface area contributed by atoms with Crippen LogP contribution in [0.3, 0.4) is 0 Å². The highest BCUT2D eigenvalue weighted by Crippen LogP contribution is 2.15. The van der Waals surface area contributed by atoms with E-state index in [2.05, 4.69) is 4.28 Å². The van der Waals surface area contributed by atoms with Crippen molar-refractivity contribution in [3.63, 3.8) is 0 Å². The SMILES string of the molecule is CS(=O)(=O)ONc1cccc(S(=O)(=O)O)c1. The van der Waals surface area contributed by atoms with Gasteiger partial charge in [0.2, 0.25) is 0 Å². The molecule has 0 unspecified atom stereocenters. The van der Waals surface area contributed by atoms with Gasteiger partial charge in [-0.05, 0) is 18.2 Å². The van der Waals surface area contributed by atoms with Crippen molar-refractivity contribution < 1.29 is 25.7 Å². The number of benzene rings is 1. The summed E-state index contributed by atoms with van der Waals surface area (Å²) in [6, 6.07) is 4.87. The summed E-state index contributed by atoms with van der Waals surface area (Å²) in [5.74, 6) is 0. The summed E-state index contributed by atoms with van der Waals surface area (Å²) in [7, 11) is -8.02. The van der Waals surface area contributed by atoms with E-state index in [9.17, 15) is 16.8 Å². The summed E-state index contributed by atoms with van der Waals surface area (Å²) in [4.78, 5) is -0.366. The zero-order valence-corrected chi connectivity index (χ0v) is 9.75. The Balaban J connectivity index is 2.92. The Kier molecular flexibility index (Phi) is 3.53. The van der Waals surface area contributed by atoms with Gasteiger partial charge in [-0.15, -0.1) is 0 Å². The molecule has 1 aromatic rings. The molecule has 0 saturated carbocycles. The van der Waals surface area contributed by atoms with Crippen LogP contribution in [0.1, 0.15) is 0 Å². The molecular formula is C7H9NO6S2. The van der Waals surface area contributed by atoms with E-state index >= 15 is 0 Å². The highest BCUT2D eigenvalue weighted by Gasteiger charge is 2.10. The van der Waals surface area contributed by atoms with Gasteiger partial charge in [0, 0.05) is 0 Å². The monoisotopic (exact) mass is 267 g/mol. The minimum atomic E-state index is -4.32. The average Bonchev–Trinajstić information content (AvgIpc) is 2.13. The molecule has 1 rings (SSSR count). The zero-order valence-electron chi connectivity index (χ0n) is 8.11. The Morgan fingerprint density at radius 2 is 1.88 bits per heavy atom. The van der Waals surface area contributed by atoms with Crippen LogP contribution in [0.4, 0.5) is 5.69 Å². The lowest BCUT2D eigenvalue weighted by Crippen LogP contribution is -2.09. The molecule has 9 heteroatoms. The van der Waals surface area contributed by atoms with Crippen molar-refractivity contribution in [2.24, 2.45) is 0 Å². The Hall–Kier alpha value is -1.16. The highest BCUT2D eigenvalue weighted by molar-refractivity contribution is 7.86. The first-order valence-corrected chi connectivity index (χ1v) is 7.16. The van der Waals surface area contributed by atoms with E-state index in [0.29, 0.717) is 0 Å². The molecule has 0 aliphatic carbocycles. The van der Waals surface area contributed by atoms with Gasteiger partial charge >= 0.3 is 0 Å². The molecule has 0 radical (unpaired) electrons. The van der Waals surface area contributed by atoms with Crippen LogP contribution in [0.15, 0.2) is 29.2 Å². The predicted octanol–water partition coefficient (Wildman–Crippen LogP) is 0.236. The Bertz CT molecular complexity index is 577. The molecule has 2 N–H and O–H groups in total. The van der Waals surface area contributed by atoms with Crippen LogP contribution in [0.2, 0.25) is 0 Å². The fourth-order valence-electron chi connectivity index (χ4n) is 0.844. The largest absolute Gasteiger partial charge is 0.294 e. The van der Waals surface area contributed by atoms with E-state index in [0.717, 1.165) is 18.4 Å². The molecule has 0 saturated heterocycles. The smallest absolute Gasteiger partial charge is 0.282 e. The minimum Gasteiger partial charge on any atom is -0.282 e. The quantitative estimate of drug-likeness (QED) is 0.593. The van der Waals surface area contributed by atoms with E-state index in [4.69, 9.17) is 4.55 Å². The molecule has 16 heavy (non-hydrogen) atoms. The van der Waals surface area contributed by atoms with E-state index in [-0.39, 0.29) is 10.6 Å². The minimum absolute atomic E-state index is 0.0838. The molecule has 0 heterocycles. The number of hydrogen-bond donors (Lipinski definition) is 2. The van der Waals surface area contributed by atoms with Crippen LogP contribution in [-0.4, -0.2) is 27.6 Å². The zero-order chi connectivity index (χ0) is 12.4. The number of rotatable bonds is 4. The Morgan fingerprint density at radius 1 is 1.25 bits per heavy atom. The van der Waals surface area contributed by atoms with Gasteiger partial charge < -0.3 is 0 Å². The molecule has 0 bridgehead atoms. The van der Waals surface area contributed by atoms with Gasteiger partial charge in [-0.1, -0.05) is 6.07 Å². The third-order valence-electron chi connectivity index (χ3n) is 1.44. The Morgan fingerprint density at radius 3 is 2.38 bits per heavy atom. The first-order chi connectivity index (χ1) is 7.18. The topological polar surface area (TPSA) is 110 Å². The van der Waals surface area contributed by atoms with E-state index in [1.165, 1.54) is 12.1 Å². The van der Waals surface area contributed by atoms with Gasteiger partial charge in [0.15, 0.2) is 0 Å². The first-order valence-electron chi connectivity index (χ1n) is 3.90. The molecule has 1 aromatic carbocycles. The van der Waals surface area contributed by atoms with E-state index in [1.807, 2.05) is 5.48 Å². The second-order valence-electron chi connectivity index (χ2n) is 2.89. The maximum atomic E-state index is 10.8. The number of nitrogens with one attached hydrogen (secondary N) is 1. The third kappa shape index (κ3) is 4.14. The van der Waals surface area contributed by atoms with Crippen LogP contribution >= 0.6 is 0 Å². The van der Waals surface area contributed by atoms with E-state index in [1.54, 1.807) is 0 Å². The van der Waals surface area contributed by atoms with Crippen LogP contribution in [0.5, 0.6) is 0 Å².